The maximum Gasteiger partial charge on any atom is 0.408 e. The number of carbonyl (C=O) groups excluding carboxylic acids is 4. The van der Waals surface area contributed by atoms with E-state index < -0.39 is 17.1 Å². The molecule has 0 aromatic carbocycles. The predicted octanol–water partition coefficient (Wildman–Crippen LogP) is 7.60. The number of nitrogens with one attached hydrogen (secondary N) is 1. The van der Waals surface area contributed by atoms with Crippen molar-refractivity contribution in [2.45, 2.75) is 140 Å². The zero-order chi connectivity index (χ0) is 31.8. The van der Waals surface area contributed by atoms with E-state index >= 15 is 0 Å². The van der Waals surface area contributed by atoms with Crippen molar-refractivity contribution in [3.8, 4) is 0 Å². The van der Waals surface area contributed by atoms with E-state index in [0.717, 1.165) is 30.4 Å². The van der Waals surface area contributed by atoms with Crippen LogP contribution in [0.15, 0.2) is 11.1 Å². The molecule has 1 amide bonds. The zero-order valence-corrected chi connectivity index (χ0v) is 28.1. The minimum Gasteiger partial charge on any atom is -0.462 e. The number of rotatable bonds is 11. The van der Waals surface area contributed by atoms with Gasteiger partial charge < -0.3 is 14.8 Å². The Kier molecular flexibility index (Phi) is 10.4. The Morgan fingerprint density at radius 2 is 1.54 bits per heavy atom. The lowest BCUT2D eigenvalue weighted by atomic mass is 9.51. The first kappa shape index (κ1) is 35.0. The smallest absolute Gasteiger partial charge is 0.408 e. The molecule has 0 aliphatic heterocycles. The van der Waals surface area contributed by atoms with Crippen LogP contribution in [0.3, 0.4) is 0 Å². The van der Waals surface area contributed by atoms with Gasteiger partial charge in [0.25, 0.3) is 0 Å². The number of Topliss-reactive ketones (excluding diaryl/α,β-unsaturated/α-hetero) is 2. The van der Waals surface area contributed by atoms with Gasteiger partial charge in [0.2, 0.25) is 0 Å². The molecule has 2 aliphatic carbocycles. The van der Waals surface area contributed by atoms with Gasteiger partial charge in [-0.2, -0.15) is 0 Å². The summed E-state index contributed by atoms with van der Waals surface area (Å²) in [7, 11) is 0. The van der Waals surface area contributed by atoms with Crippen LogP contribution in [0.5, 0.6) is 0 Å². The van der Waals surface area contributed by atoms with Crippen molar-refractivity contribution in [2.75, 3.05) is 6.54 Å². The van der Waals surface area contributed by atoms with E-state index in [1.165, 1.54) is 6.92 Å². The molecule has 1 saturated carbocycles. The molecular formula is C34H57NO6. The highest BCUT2D eigenvalue weighted by atomic mass is 16.6. The summed E-state index contributed by atoms with van der Waals surface area (Å²) in [4.78, 5) is 51.1. The fraction of sp³-hybridized carbons (Fsp3) is 0.824. The summed E-state index contributed by atoms with van der Waals surface area (Å²) >= 11 is 0. The van der Waals surface area contributed by atoms with Crippen molar-refractivity contribution in [3.63, 3.8) is 0 Å². The zero-order valence-electron chi connectivity index (χ0n) is 28.1. The highest BCUT2D eigenvalue weighted by molar-refractivity contribution is 6.07. The Hall–Kier alpha value is -2.18. The van der Waals surface area contributed by atoms with Crippen LogP contribution in [0.25, 0.3) is 0 Å². The Morgan fingerprint density at radius 1 is 0.951 bits per heavy atom. The molecule has 0 spiro atoms. The number of amides is 1. The van der Waals surface area contributed by atoms with Crippen LogP contribution < -0.4 is 5.32 Å². The van der Waals surface area contributed by atoms with Crippen molar-refractivity contribution in [2.24, 2.45) is 33.5 Å². The standard InChI is InChI=1S/C34H57NO6/c1-21(2)28-25-18-33(13,31(9,10)15-14-22(3)32(11,12)23(4)40-24(5)36)16-17-34(25,19-26(28)37)27(38)20-35-29(39)41-30(6,7)8/h21-23H,14-20H2,1-13H3,(H,35,39)/t22-,23?,33+,34+/m0/s1. The second kappa shape index (κ2) is 12.2. The number of hydrogen-bond donors (Lipinski definition) is 1. The number of fused-ring (bicyclic) bond motifs is 1. The van der Waals surface area contributed by atoms with E-state index in [4.69, 9.17) is 9.47 Å². The Balaban J connectivity index is 2.29. The minimum atomic E-state index is -0.851. The summed E-state index contributed by atoms with van der Waals surface area (Å²) in [6, 6.07) is 0. The molecule has 0 radical (unpaired) electrons. The molecule has 1 fully saturated rings. The second-order valence-electron chi connectivity index (χ2n) is 15.6. The summed E-state index contributed by atoms with van der Waals surface area (Å²) in [5, 5.41) is 2.65. The molecule has 4 atom stereocenters. The lowest BCUT2D eigenvalue weighted by molar-refractivity contribution is -0.153. The SMILES string of the molecule is CC(=O)OC(C)C(C)(C)[C@@H](C)CCC(C)(C)[C@]1(C)CC[C@@]2(C(=O)CNC(=O)OC(C)(C)C)CC(=O)C(C(C)C)=C2C1. The molecule has 2 aliphatic rings. The van der Waals surface area contributed by atoms with E-state index in [9.17, 15) is 19.2 Å². The third kappa shape index (κ3) is 7.62. The Bertz CT molecular complexity index is 1060. The van der Waals surface area contributed by atoms with Gasteiger partial charge in [0.1, 0.15) is 11.7 Å². The molecule has 234 valence electrons. The van der Waals surface area contributed by atoms with E-state index in [2.05, 4.69) is 46.9 Å². The lowest BCUT2D eigenvalue weighted by Gasteiger charge is -2.53. The summed E-state index contributed by atoms with van der Waals surface area (Å²) in [5.41, 5.74) is -0.0601. The van der Waals surface area contributed by atoms with Gasteiger partial charge in [0.15, 0.2) is 11.6 Å². The molecule has 7 heteroatoms. The van der Waals surface area contributed by atoms with Crippen LogP contribution in [0.4, 0.5) is 4.79 Å². The first-order chi connectivity index (χ1) is 18.5. The fourth-order valence-corrected chi connectivity index (χ4v) is 6.72. The highest BCUT2D eigenvalue weighted by Gasteiger charge is 2.57. The molecule has 0 aromatic heterocycles. The normalized spacial score (nSPS) is 25.1. The highest BCUT2D eigenvalue weighted by Crippen LogP contribution is 2.62. The average Bonchev–Trinajstić information content (AvgIpc) is 3.11. The van der Waals surface area contributed by atoms with E-state index in [-0.39, 0.29) is 58.8 Å². The van der Waals surface area contributed by atoms with E-state index in [1.807, 2.05) is 20.8 Å². The summed E-state index contributed by atoms with van der Waals surface area (Å²) in [6.07, 6.45) is 3.45. The molecule has 7 nitrogen and oxygen atoms in total. The van der Waals surface area contributed by atoms with Gasteiger partial charge in [0.05, 0.1) is 12.0 Å². The van der Waals surface area contributed by atoms with Crippen LogP contribution in [-0.2, 0) is 23.9 Å². The molecule has 1 unspecified atom stereocenters. The van der Waals surface area contributed by atoms with Crippen LogP contribution in [-0.4, -0.2) is 41.9 Å². The maximum absolute atomic E-state index is 13.8. The van der Waals surface area contributed by atoms with Crippen molar-refractivity contribution < 1.29 is 28.7 Å². The van der Waals surface area contributed by atoms with Crippen molar-refractivity contribution in [1.29, 1.82) is 0 Å². The summed E-state index contributed by atoms with van der Waals surface area (Å²) < 4.78 is 10.9. The van der Waals surface area contributed by atoms with Gasteiger partial charge in [-0.15, -0.1) is 0 Å². The van der Waals surface area contributed by atoms with Crippen LogP contribution in [0, 0.1) is 33.5 Å². The third-order valence-corrected chi connectivity index (χ3v) is 10.7. The quantitative estimate of drug-likeness (QED) is 0.255. The summed E-state index contributed by atoms with van der Waals surface area (Å²) in [6.45, 7) is 26.2. The molecule has 0 bridgehead atoms. The third-order valence-electron chi connectivity index (χ3n) is 10.7. The molecule has 41 heavy (non-hydrogen) atoms. The topological polar surface area (TPSA) is 98.8 Å². The number of alkyl carbamates (subject to hydrolysis) is 1. The monoisotopic (exact) mass is 575 g/mol. The van der Waals surface area contributed by atoms with Gasteiger partial charge >= 0.3 is 12.1 Å². The largest absolute Gasteiger partial charge is 0.462 e. The fourth-order valence-electron chi connectivity index (χ4n) is 6.72. The number of hydrogen-bond acceptors (Lipinski definition) is 6. The van der Waals surface area contributed by atoms with Crippen LogP contribution in [0.2, 0.25) is 0 Å². The van der Waals surface area contributed by atoms with E-state index in [0.29, 0.717) is 18.8 Å². The van der Waals surface area contributed by atoms with Crippen LogP contribution in [0.1, 0.15) is 129 Å². The Morgan fingerprint density at radius 3 is 2.05 bits per heavy atom. The van der Waals surface area contributed by atoms with Crippen molar-refractivity contribution in [3.05, 3.63) is 11.1 Å². The molecule has 0 saturated heterocycles. The number of carbonyl (C=O) groups is 4. The molecule has 0 aromatic rings. The first-order valence-corrected chi connectivity index (χ1v) is 15.4. The number of allylic oxidation sites excluding steroid dienone is 2. The number of ether oxygens (including phenoxy) is 2. The molecular weight excluding hydrogens is 518 g/mol. The second-order valence-corrected chi connectivity index (χ2v) is 15.6. The molecule has 2 rings (SSSR count). The predicted molar refractivity (Wildman–Crippen MR) is 162 cm³/mol. The van der Waals surface area contributed by atoms with Crippen LogP contribution >= 0.6 is 0 Å². The van der Waals surface area contributed by atoms with Crippen molar-refractivity contribution in [1.82, 2.24) is 5.32 Å². The Labute approximate surface area is 249 Å². The van der Waals surface area contributed by atoms with Gasteiger partial charge in [-0.05, 0) is 93.6 Å². The first-order valence-electron chi connectivity index (χ1n) is 15.4. The minimum absolute atomic E-state index is 0.0278. The number of esters is 1. The van der Waals surface area contributed by atoms with Gasteiger partial charge in [-0.25, -0.2) is 4.79 Å². The number of ketones is 2. The van der Waals surface area contributed by atoms with E-state index in [1.54, 1.807) is 20.8 Å². The maximum atomic E-state index is 13.8. The van der Waals surface area contributed by atoms with Gasteiger partial charge in [-0.1, -0.05) is 55.4 Å². The average molecular weight is 576 g/mol. The molecule has 0 heterocycles. The lowest BCUT2D eigenvalue weighted by Crippen LogP contribution is -2.48. The van der Waals surface area contributed by atoms with Gasteiger partial charge in [0, 0.05) is 18.8 Å². The van der Waals surface area contributed by atoms with Crippen molar-refractivity contribution >= 4 is 23.6 Å². The summed E-state index contributed by atoms with van der Waals surface area (Å²) in [5.74, 6) is 0.0588. The molecule has 1 N–H and O–H groups in total. The van der Waals surface area contributed by atoms with Gasteiger partial charge in [-0.3, -0.25) is 14.4 Å².